The molecule has 1 atom stereocenters. The van der Waals surface area contributed by atoms with Crippen molar-refractivity contribution in [3.63, 3.8) is 0 Å². The molecular formula is C11H12ClN3OS. The molecule has 2 aromatic rings. The molecule has 6 heteroatoms. The van der Waals surface area contributed by atoms with Crippen LogP contribution < -0.4 is 5.32 Å². The van der Waals surface area contributed by atoms with Gasteiger partial charge in [0.05, 0.1) is 5.52 Å². The number of fused-ring (bicyclic) bond motifs is 1. The normalized spacial score (nSPS) is 12.6. The first kappa shape index (κ1) is 12.3. The molecule has 0 amide bonds. The van der Waals surface area contributed by atoms with E-state index in [1.54, 1.807) is 6.26 Å². The molecule has 1 aromatic carbocycles. The zero-order valence-corrected chi connectivity index (χ0v) is 10.9. The minimum absolute atomic E-state index is 0.212. The van der Waals surface area contributed by atoms with Crippen molar-refractivity contribution in [2.45, 2.75) is 0 Å². The van der Waals surface area contributed by atoms with Crippen molar-refractivity contribution >= 4 is 39.1 Å². The number of para-hydroxylation sites is 1. The summed E-state index contributed by atoms with van der Waals surface area (Å²) in [5, 5.41) is 4.26. The van der Waals surface area contributed by atoms with Crippen LogP contribution in [0, 0.1) is 0 Å². The van der Waals surface area contributed by atoms with Crippen molar-refractivity contribution in [1.82, 2.24) is 9.97 Å². The summed E-state index contributed by atoms with van der Waals surface area (Å²) in [7, 11) is -0.817. The summed E-state index contributed by atoms with van der Waals surface area (Å²) in [6.07, 6.45) is 1.67. The SMILES string of the molecule is CS(=O)CCNc1nc(Cl)nc2ccccc12. The lowest BCUT2D eigenvalue weighted by Gasteiger charge is -2.07. The number of rotatable bonds is 4. The zero-order valence-electron chi connectivity index (χ0n) is 9.31. The van der Waals surface area contributed by atoms with Crippen molar-refractivity contribution in [3.05, 3.63) is 29.5 Å². The Hall–Kier alpha value is -1.20. The van der Waals surface area contributed by atoms with Crippen LogP contribution in [0.2, 0.25) is 5.28 Å². The zero-order chi connectivity index (χ0) is 12.3. The van der Waals surface area contributed by atoms with Crippen LogP contribution >= 0.6 is 11.6 Å². The Morgan fingerprint density at radius 3 is 2.88 bits per heavy atom. The van der Waals surface area contributed by atoms with Gasteiger partial charge in [-0.3, -0.25) is 4.21 Å². The first-order chi connectivity index (χ1) is 8.16. The lowest BCUT2D eigenvalue weighted by Crippen LogP contribution is -2.11. The highest BCUT2D eigenvalue weighted by atomic mass is 35.5. The smallest absolute Gasteiger partial charge is 0.224 e. The quantitative estimate of drug-likeness (QED) is 0.864. The Kier molecular flexibility index (Phi) is 3.91. The van der Waals surface area contributed by atoms with Gasteiger partial charge in [0.15, 0.2) is 0 Å². The van der Waals surface area contributed by atoms with E-state index in [0.29, 0.717) is 18.1 Å². The van der Waals surface area contributed by atoms with Gasteiger partial charge in [0.2, 0.25) is 5.28 Å². The average Bonchev–Trinajstić information content (AvgIpc) is 2.28. The summed E-state index contributed by atoms with van der Waals surface area (Å²) >= 11 is 5.84. The predicted octanol–water partition coefficient (Wildman–Crippen LogP) is 2.07. The second kappa shape index (κ2) is 5.42. The number of nitrogens with one attached hydrogen (secondary N) is 1. The highest BCUT2D eigenvalue weighted by molar-refractivity contribution is 7.84. The number of benzene rings is 1. The van der Waals surface area contributed by atoms with E-state index in [1.165, 1.54) is 0 Å². The first-order valence-electron chi connectivity index (χ1n) is 5.13. The molecule has 0 radical (unpaired) electrons. The van der Waals surface area contributed by atoms with Gasteiger partial charge in [0.1, 0.15) is 5.82 Å². The maximum atomic E-state index is 11.0. The van der Waals surface area contributed by atoms with E-state index < -0.39 is 10.8 Å². The maximum absolute atomic E-state index is 11.0. The lowest BCUT2D eigenvalue weighted by atomic mass is 10.2. The second-order valence-electron chi connectivity index (χ2n) is 3.56. The summed E-state index contributed by atoms with van der Waals surface area (Å²) in [6, 6.07) is 7.63. The van der Waals surface area contributed by atoms with Gasteiger partial charge < -0.3 is 5.32 Å². The van der Waals surface area contributed by atoms with Crippen molar-refractivity contribution in [1.29, 1.82) is 0 Å². The third-order valence-electron chi connectivity index (χ3n) is 2.26. The number of anilines is 1. The van der Waals surface area contributed by atoms with E-state index in [-0.39, 0.29) is 5.28 Å². The van der Waals surface area contributed by atoms with Gasteiger partial charge >= 0.3 is 0 Å². The van der Waals surface area contributed by atoms with Crippen LogP contribution in [-0.2, 0) is 10.8 Å². The third-order valence-corrected chi connectivity index (χ3v) is 3.21. The van der Waals surface area contributed by atoms with Crippen LogP contribution in [0.3, 0.4) is 0 Å². The van der Waals surface area contributed by atoms with Crippen LogP contribution in [0.4, 0.5) is 5.82 Å². The fourth-order valence-electron chi connectivity index (χ4n) is 1.50. The molecular weight excluding hydrogens is 258 g/mol. The molecule has 0 aliphatic heterocycles. The highest BCUT2D eigenvalue weighted by Gasteiger charge is 2.05. The van der Waals surface area contributed by atoms with Crippen molar-refractivity contribution in [2.24, 2.45) is 0 Å². The van der Waals surface area contributed by atoms with Crippen LogP contribution in [0.25, 0.3) is 10.9 Å². The lowest BCUT2D eigenvalue weighted by molar-refractivity contribution is 0.687. The van der Waals surface area contributed by atoms with Gasteiger partial charge in [-0.15, -0.1) is 0 Å². The fraction of sp³-hybridized carbons (Fsp3) is 0.273. The Bertz CT molecular complexity index is 561. The molecule has 0 aliphatic rings. The first-order valence-corrected chi connectivity index (χ1v) is 7.23. The molecule has 1 N–H and O–H groups in total. The molecule has 1 heterocycles. The summed E-state index contributed by atoms with van der Waals surface area (Å²) in [5.74, 6) is 1.27. The molecule has 0 aliphatic carbocycles. The Labute approximate surface area is 107 Å². The van der Waals surface area contributed by atoms with E-state index in [9.17, 15) is 4.21 Å². The summed E-state index contributed by atoms with van der Waals surface area (Å²) in [4.78, 5) is 8.28. The maximum Gasteiger partial charge on any atom is 0.224 e. The van der Waals surface area contributed by atoms with Crippen molar-refractivity contribution in [2.75, 3.05) is 23.9 Å². The molecule has 90 valence electrons. The molecule has 17 heavy (non-hydrogen) atoms. The molecule has 0 saturated heterocycles. The molecule has 0 saturated carbocycles. The number of aromatic nitrogens is 2. The largest absolute Gasteiger partial charge is 0.368 e. The number of hydrogen-bond acceptors (Lipinski definition) is 4. The molecule has 1 aromatic heterocycles. The van der Waals surface area contributed by atoms with Crippen LogP contribution in [-0.4, -0.2) is 32.7 Å². The van der Waals surface area contributed by atoms with Crippen LogP contribution in [0.1, 0.15) is 0 Å². The fourth-order valence-corrected chi connectivity index (χ4v) is 2.06. The van der Waals surface area contributed by atoms with Crippen LogP contribution in [0.15, 0.2) is 24.3 Å². The predicted molar refractivity (Wildman–Crippen MR) is 72.0 cm³/mol. The van der Waals surface area contributed by atoms with E-state index in [2.05, 4.69) is 15.3 Å². The summed E-state index contributed by atoms with van der Waals surface area (Å²) in [6.45, 7) is 0.598. The Morgan fingerprint density at radius 2 is 2.12 bits per heavy atom. The molecule has 4 nitrogen and oxygen atoms in total. The molecule has 0 bridgehead atoms. The molecule has 0 spiro atoms. The van der Waals surface area contributed by atoms with Gasteiger partial charge in [-0.2, -0.15) is 0 Å². The molecule has 1 unspecified atom stereocenters. The van der Waals surface area contributed by atoms with Crippen LogP contribution in [0.5, 0.6) is 0 Å². The van der Waals surface area contributed by atoms with Gasteiger partial charge in [-0.1, -0.05) is 12.1 Å². The van der Waals surface area contributed by atoms with E-state index in [1.807, 2.05) is 24.3 Å². The minimum atomic E-state index is -0.817. The Balaban J connectivity index is 2.29. The summed E-state index contributed by atoms with van der Waals surface area (Å²) < 4.78 is 11.0. The van der Waals surface area contributed by atoms with Gasteiger partial charge in [0, 0.05) is 34.7 Å². The van der Waals surface area contributed by atoms with E-state index >= 15 is 0 Å². The average molecular weight is 270 g/mol. The van der Waals surface area contributed by atoms with E-state index in [4.69, 9.17) is 11.6 Å². The third kappa shape index (κ3) is 3.14. The van der Waals surface area contributed by atoms with E-state index in [0.717, 1.165) is 10.9 Å². The standard InChI is InChI=1S/C11H12ClN3OS/c1-17(16)7-6-13-10-8-4-2-3-5-9(8)14-11(12)15-10/h2-5H,6-7H2,1H3,(H,13,14,15). The number of nitrogens with zero attached hydrogens (tertiary/aromatic N) is 2. The van der Waals surface area contributed by atoms with Gasteiger partial charge in [-0.25, -0.2) is 9.97 Å². The molecule has 2 rings (SSSR count). The number of hydrogen-bond donors (Lipinski definition) is 1. The monoisotopic (exact) mass is 269 g/mol. The Morgan fingerprint density at radius 1 is 1.35 bits per heavy atom. The number of halogens is 1. The minimum Gasteiger partial charge on any atom is -0.368 e. The topological polar surface area (TPSA) is 54.9 Å². The second-order valence-corrected chi connectivity index (χ2v) is 5.46. The van der Waals surface area contributed by atoms with Gasteiger partial charge in [0.25, 0.3) is 0 Å². The summed E-state index contributed by atoms with van der Waals surface area (Å²) in [5.41, 5.74) is 0.799. The van der Waals surface area contributed by atoms with Crippen molar-refractivity contribution < 1.29 is 4.21 Å². The highest BCUT2D eigenvalue weighted by Crippen LogP contribution is 2.21. The molecule has 0 fully saturated rings. The van der Waals surface area contributed by atoms with Crippen molar-refractivity contribution in [3.8, 4) is 0 Å². The van der Waals surface area contributed by atoms with Gasteiger partial charge in [-0.05, 0) is 23.7 Å².